The first-order chi connectivity index (χ1) is 11.9. The molecule has 0 atom stereocenters. The van der Waals surface area contributed by atoms with Crippen molar-refractivity contribution in [2.24, 2.45) is 0 Å². The van der Waals surface area contributed by atoms with E-state index in [1.54, 1.807) is 0 Å². The molecule has 4 rings (SSSR count). The van der Waals surface area contributed by atoms with Crippen LogP contribution in [0.5, 0.6) is 0 Å². The Kier molecular flexibility index (Phi) is 4.96. The largest absolute Gasteiger partial charge is 0.341 e. The first-order valence-corrected chi connectivity index (χ1v) is 9.62. The van der Waals surface area contributed by atoms with Crippen LogP contribution in [0.15, 0.2) is 0 Å². The predicted molar refractivity (Wildman–Crippen MR) is 97.0 cm³/mol. The fourth-order valence-corrected chi connectivity index (χ4v) is 3.82. The van der Waals surface area contributed by atoms with Gasteiger partial charge < -0.3 is 20.0 Å². The molecule has 0 radical (unpaired) electrons. The van der Waals surface area contributed by atoms with Gasteiger partial charge >= 0.3 is 0 Å². The van der Waals surface area contributed by atoms with Crippen molar-refractivity contribution in [3.63, 3.8) is 0 Å². The highest BCUT2D eigenvalue weighted by Crippen LogP contribution is 2.24. The summed E-state index contributed by atoms with van der Waals surface area (Å²) < 4.78 is 0. The molecule has 4 heterocycles. The molecule has 3 aliphatic rings. The van der Waals surface area contributed by atoms with Gasteiger partial charge in [-0.25, -0.2) is 0 Å². The lowest BCUT2D eigenvalue weighted by atomic mass is 10.1. The van der Waals surface area contributed by atoms with Crippen LogP contribution in [0.2, 0.25) is 0 Å². The number of aromatic nitrogens is 3. The smallest absolute Gasteiger partial charge is 0.232 e. The summed E-state index contributed by atoms with van der Waals surface area (Å²) in [6.07, 6.45) is 7.62. The van der Waals surface area contributed by atoms with Gasteiger partial charge in [-0.3, -0.25) is 0 Å². The molecule has 3 fully saturated rings. The van der Waals surface area contributed by atoms with Crippen molar-refractivity contribution in [1.82, 2.24) is 20.3 Å². The van der Waals surface area contributed by atoms with Gasteiger partial charge in [-0.15, -0.1) is 0 Å². The SMILES string of the molecule is C1CCN(c2nc(N3CCCCC3)nc(N3CCNCC3)n2)CC1. The molecule has 0 unspecified atom stereocenters. The monoisotopic (exact) mass is 331 g/mol. The van der Waals surface area contributed by atoms with Crippen molar-refractivity contribution >= 4 is 17.8 Å². The molecule has 0 aliphatic carbocycles. The zero-order chi connectivity index (χ0) is 16.2. The number of piperazine rings is 1. The number of rotatable bonds is 3. The van der Waals surface area contributed by atoms with Crippen LogP contribution in [0.3, 0.4) is 0 Å². The molecule has 1 N–H and O–H groups in total. The van der Waals surface area contributed by atoms with Crippen molar-refractivity contribution in [3.05, 3.63) is 0 Å². The summed E-state index contributed by atoms with van der Waals surface area (Å²) in [7, 11) is 0. The van der Waals surface area contributed by atoms with Gasteiger partial charge in [0.1, 0.15) is 0 Å². The van der Waals surface area contributed by atoms with E-state index >= 15 is 0 Å². The van der Waals surface area contributed by atoms with Gasteiger partial charge in [0, 0.05) is 52.4 Å². The topological polar surface area (TPSA) is 60.4 Å². The van der Waals surface area contributed by atoms with Crippen molar-refractivity contribution in [2.45, 2.75) is 38.5 Å². The van der Waals surface area contributed by atoms with Crippen molar-refractivity contribution < 1.29 is 0 Å². The molecule has 132 valence electrons. The van der Waals surface area contributed by atoms with Gasteiger partial charge in [0.05, 0.1) is 0 Å². The lowest BCUT2D eigenvalue weighted by Gasteiger charge is -2.32. The normalized spacial score (nSPS) is 22.8. The van der Waals surface area contributed by atoms with Crippen LogP contribution in [-0.2, 0) is 0 Å². The zero-order valence-corrected chi connectivity index (χ0v) is 14.6. The highest BCUT2D eigenvalue weighted by Gasteiger charge is 2.22. The second-order valence-electron chi connectivity index (χ2n) is 7.07. The third kappa shape index (κ3) is 3.55. The molecule has 7 nitrogen and oxygen atoms in total. The molecule has 1 aromatic heterocycles. The molecule has 0 aromatic carbocycles. The molecule has 0 bridgehead atoms. The van der Waals surface area contributed by atoms with Gasteiger partial charge in [0.15, 0.2) is 0 Å². The van der Waals surface area contributed by atoms with Crippen molar-refractivity contribution in [3.8, 4) is 0 Å². The van der Waals surface area contributed by atoms with E-state index < -0.39 is 0 Å². The lowest BCUT2D eigenvalue weighted by molar-refractivity contribution is 0.549. The van der Waals surface area contributed by atoms with Crippen LogP contribution in [0.4, 0.5) is 17.8 Å². The van der Waals surface area contributed by atoms with Gasteiger partial charge in [-0.2, -0.15) is 15.0 Å². The third-order valence-corrected chi connectivity index (χ3v) is 5.28. The first kappa shape index (κ1) is 15.9. The van der Waals surface area contributed by atoms with Crippen LogP contribution >= 0.6 is 0 Å². The molecular formula is C17H29N7. The molecular weight excluding hydrogens is 302 g/mol. The Morgan fingerprint density at radius 2 is 0.875 bits per heavy atom. The third-order valence-electron chi connectivity index (χ3n) is 5.28. The number of hydrogen-bond acceptors (Lipinski definition) is 7. The number of nitrogens with one attached hydrogen (secondary N) is 1. The predicted octanol–water partition coefficient (Wildman–Crippen LogP) is 1.26. The molecule has 24 heavy (non-hydrogen) atoms. The fraction of sp³-hybridized carbons (Fsp3) is 0.824. The maximum atomic E-state index is 4.86. The highest BCUT2D eigenvalue weighted by molar-refractivity contribution is 5.47. The van der Waals surface area contributed by atoms with E-state index in [-0.39, 0.29) is 0 Å². The van der Waals surface area contributed by atoms with E-state index in [4.69, 9.17) is 15.0 Å². The van der Waals surface area contributed by atoms with Gasteiger partial charge in [0.2, 0.25) is 17.8 Å². The first-order valence-electron chi connectivity index (χ1n) is 9.62. The molecule has 3 aliphatic heterocycles. The van der Waals surface area contributed by atoms with E-state index in [1.807, 2.05) is 0 Å². The van der Waals surface area contributed by atoms with Crippen LogP contribution in [0, 0.1) is 0 Å². The number of piperidine rings is 2. The summed E-state index contributed by atoms with van der Waals surface area (Å²) >= 11 is 0. The molecule has 0 amide bonds. The highest BCUT2D eigenvalue weighted by atomic mass is 15.4. The van der Waals surface area contributed by atoms with E-state index in [2.05, 4.69) is 20.0 Å². The molecule has 0 spiro atoms. The molecule has 0 saturated carbocycles. The summed E-state index contributed by atoms with van der Waals surface area (Å²) in [5.74, 6) is 2.64. The average Bonchev–Trinajstić information content (AvgIpc) is 2.70. The van der Waals surface area contributed by atoms with Gasteiger partial charge in [-0.05, 0) is 38.5 Å². The quantitative estimate of drug-likeness (QED) is 0.895. The summed E-state index contributed by atoms with van der Waals surface area (Å²) in [5, 5.41) is 3.41. The minimum Gasteiger partial charge on any atom is -0.341 e. The minimum atomic E-state index is 0.868. The van der Waals surface area contributed by atoms with Gasteiger partial charge in [-0.1, -0.05) is 0 Å². The van der Waals surface area contributed by atoms with Crippen LogP contribution < -0.4 is 20.0 Å². The van der Waals surface area contributed by atoms with E-state index in [0.29, 0.717) is 0 Å². The maximum Gasteiger partial charge on any atom is 0.232 e. The summed E-state index contributed by atoms with van der Waals surface area (Å²) in [6, 6.07) is 0. The van der Waals surface area contributed by atoms with E-state index in [9.17, 15) is 0 Å². The molecule has 1 aromatic rings. The maximum absolute atomic E-state index is 4.86. The van der Waals surface area contributed by atoms with Crippen LogP contribution in [0.1, 0.15) is 38.5 Å². The zero-order valence-electron chi connectivity index (χ0n) is 14.6. The van der Waals surface area contributed by atoms with E-state index in [0.717, 1.165) is 70.2 Å². The summed E-state index contributed by atoms with van der Waals surface area (Å²) in [5.41, 5.74) is 0. The summed E-state index contributed by atoms with van der Waals surface area (Å²) in [6.45, 7) is 8.25. The molecule has 7 heteroatoms. The Hall–Kier alpha value is -1.63. The van der Waals surface area contributed by atoms with Crippen molar-refractivity contribution in [1.29, 1.82) is 0 Å². The Morgan fingerprint density at radius 1 is 0.500 bits per heavy atom. The minimum absolute atomic E-state index is 0.868. The average molecular weight is 331 g/mol. The van der Waals surface area contributed by atoms with Crippen molar-refractivity contribution in [2.75, 3.05) is 67.1 Å². The standard InChI is InChI=1S/C17H29N7/c1-3-9-22(10-4-1)15-19-16(23-11-5-2-6-12-23)21-17(20-15)24-13-7-18-8-14-24/h18H,1-14H2. The van der Waals surface area contributed by atoms with Gasteiger partial charge in [0.25, 0.3) is 0 Å². The second-order valence-corrected chi connectivity index (χ2v) is 7.07. The molecule has 3 saturated heterocycles. The van der Waals surface area contributed by atoms with Crippen LogP contribution in [-0.4, -0.2) is 67.3 Å². The Bertz CT molecular complexity index is 443. The Morgan fingerprint density at radius 3 is 1.29 bits per heavy atom. The Labute approximate surface area is 144 Å². The Balaban J connectivity index is 1.63. The fourth-order valence-electron chi connectivity index (χ4n) is 3.82. The number of anilines is 3. The second kappa shape index (κ2) is 7.51. The van der Waals surface area contributed by atoms with E-state index in [1.165, 1.54) is 38.5 Å². The number of hydrogen-bond donors (Lipinski definition) is 1. The lowest BCUT2D eigenvalue weighted by Crippen LogP contribution is -2.45. The number of nitrogens with zero attached hydrogens (tertiary/aromatic N) is 6. The van der Waals surface area contributed by atoms with Crippen LogP contribution in [0.25, 0.3) is 0 Å². The summed E-state index contributed by atoms with van der Waals surface area (Å²) in [4.78, 5) is 21.6.